The molecule has 0 bridgehead atoms. The molecule has 0 aromatic carbocycles. The molecule has 8 nitrogen and oxygen atoms in total. The number of hydrogen-bond donors (Lipinski definition) is 1. The van der Waals surface area contributed by atoms with E-state index in [1.165, 1.54) is 6.07 Å². The molecule has 0 atom stereocenters. The first-order chi connectivity index (χ1) is 11.5. The first-order valence-electron chi connectivity index (χ1n) is 7.79. The highest BCUT2D eigenvalue weighted by molar-refractivity contribution is 5.95. The molecule has 0 aliphatic carbocycles. The number of nitrogens with zero attached hydrogens (tertiary/aromatic N) is 3. The van der Waals surface area contributed by atoms with Crippen LogP contribution in [0.2, 0.25) is 0 Å². The van der Waals surface area contributed by atoms with E-state index in [1.54, 1.807) is 18.1 Å². The van der Waals surface area contributed by atoms with Gasteiger partial charge in [0.25, 0.3) is 5.91 Å². The number of aromatic amines is 1. The predicted octanol–water partition coefficient (Wildman–Crippen LogP) is 1.69. The van der Waals surface area contributed by atoms with Crippen molar-refractivity contribution in [2.24, 2.45) is 0 Å². The summed E-state index contributed by atoms with van der Waals surface area (Å²) in [4.78, 5) is 32.9. The van der Waals surface area contributed by atoms with E-state index in [2.05, 4.69) is 15.1 Å². The van der Waals surface area contributed by atoms with Crippen molar-refractivity contribution in [1.29, 1.82) is 0 Å². The Bertz CT molecular complexity index is 751. The highest BCUT2D eigenvalue weighted by Gasteiger charge is 2.22. The summed E-state index contributed by atoms with van der Waals surface area (Å²) < 4.78 is 10.1. The molecule has 1 N–H and O–H groups in total. The van der Waals surface area contributed by atoms with E-state index in [0.29, 0.717) is 29.5 Å². The Kier molecular flexibility index (Phi) is 5.86. The quantitative estimate of drug-likeness (QED) is 0.827. The molecule has 130 valence electrons. The van der Waals surface area contributed by atoms with E-state index >= 15 is 0 Å². The lowest BCUT2D eigenvalue weighted by atomic mass is 10.0. The smallest absolute Gasteiger partial charge is 0.256 e. The number of carbonyl (C=O) groups excluding carboxylic acids is 1. The van der Waals surface area contributed by atoms with Crippen molar-refractivity contribution < 1.29 is 14.1 Å². The molecule has 0 saturated heterocycles. The fourth-order valence-electron chi connectivity index (χ4n) is 2.34. The molecule has 0 aliphatic heterocycles. The number of pyridine rings is 1. The maximum atomic E-state index is 12.8. The molecular formula is C16H22N4O4. The second-order valence-electron chi connectivity index (χ2n) is 5.66. The number of aromatic nitrogens is 3. The molecule has 0 radical (unpaired) electrons. The van der Waals surface area contributed by atoms with Crippen molar-refractivity contribution in [2.75, 3.05) is 13.7 Å². The maximum Gasteiger partial charge on any atom is 0.256 e. The lowest BCUT2D eigenvalue weighted by Gasteiger charge is -2.21. The third-order valence-corrected chi connectivity index (χ3v) is 3.54. The number of H-pyrrole nitrogens is 1. The van der Waals surface area contributed by atoms with Gasteiger partial charge in [0.2, 0.25) is 11.4 Å². The molecular weight excluding hydrogens is 312 g/mol. The Hall–Kier alpha value is -2.48. The number of methoxy groups -OCH3 is 1. The van der Waals surface area contributed by atoms with Crippen LogP contribution in [0.4, 0.5) is 0 Å². The van der Waals surface area contributed by atoms with Gasteiger partial charge in [-0.25, -0.2) is 0 Å². The van der Waals surface area contributed by atoms with Crippen LogP contribution in [0.1, 0.15) is 54.5 Å². The van der Waals surface area contributed by atoms with Crippen LogP contribution in [0.25, 0.3) is 0 Å². The molecule has 0 aliphatic rings. The summed E-state index contributed by atoms with van der Waals surface area (Å²) in [5.41, 5.74) is 0.874. The van der Waals surface area contributed by atoms with Crippen molar-refractivity contribution in [2.45, 2.75) is 39.8 Å². The monoisotopic (exact) mass is 334 g/mol. The van der Waals surface area contributed by atoms with Crippen molar-refractivity contribution in [3.8, 4) is 0 Å². The Morgan fingerprint density at radius 2 is 2.17 bits per heavy atom. The highest BCUT2D eigenvalue weighted by Crippen LogP contribution is 2.18. The zero-order valence-electron chi connectivity index (χ0n) is 14.3. The van der Waals surface area contributed by atoms with Crippen molar-refractivity contribution in [3.63, 3.8) is 0 Å². The normalized spacial score (nSPS) is 11.0. The highest BCUT2D eigenvalue weighted by atomic mass is 16.5. The summed E-state index contributed by atoms with van der Waals surface area (Å²) in [6.45, 7) is 6.63. The zero-order chi connectivity index (χ0) is 17.7. The lowest BCUT2D eigenvalue weighted by Crippen LogP contribution is -2.32. The summed E-state index contributed by atoms with van der Waals surface area (Å²) in [6.07, 6.45) is 0. The summed E-state index contributed by atoms with van der Waals surface area (Å²) in [6, 6.07) is 2.92. The molecule has 8 heteroatoms. The van der Waals surface area contributed by atoms with Gasteiger partial charge in [-0.3, -0.25) is 9.59 Å². The zero-order valence-corrected chi connectivity index (χ0v) is 14.3. The molecule has 2 heterocycles. The Labute approximate surface area is 139 Å². The van der Waals surface area contributed by atoms with Gasteiger partial charge in [0.15, 0.2) is 5.82 Å². The lowest BCUT2D eigenvalue weighted by molar-refractivity contribution is 0.0732. The summed E-state index contributed by atoms with van der Waals surface area (Å²) >= 11 is 0. The van der Waals surface area contributed by atoms with Gasteiger partial charge >= 0.3 is 0 Å². The average molecular weight is 334 g/mol. The second kappa shape index (κ2) is 7.87. The topological polar surface area (TPSA) is 101 Å². The van der Waals surface area contributed by atoms with Crippen molar-refractivity contribution >= 4 is 5.91 Å². The van der Waals surface area contributed by atoms with Gasteiger partial charge in [-0.15, -0.1) is 0 Å². The van der Waals surface area contributed by atoms with Gasteiger partial charge in [0, 0.05) is 25.4 Å². The van der Waals surface area contributed by atoms with Gasteiger partial charge in [-0.2, -0.15) is 4.98 Å². The standard InChI is InChI=1S/C16H22N4O4/c1-5-20(8-14-17-12(9-23-4)19-24-14)16(22)11-6-7-13(21)18-15(11)10(2)3/h6-7,10H,5,8-9H2,1-4H3,(H,18,21). The van der Waals surface area contributed by atoms with Crippen LogP contribution in [0, 0.1) is 0 Å². The summed E-state index contributed by atoms with van der Waals surface area (Å²) in [5, 5.41) is 3.79. The summed E-state index contributed by atoms with van der Waals surface area (Å²) in [7, 11) is 1.54. The number of nitrogens with one attached hydrogen (secondary N) is 1. The minimum Gasteiger partial charge on any atom is -0.377 e. The van der Waals surface area contributed by atoms with Crippen LogP contribution in [0.5, 0.6) is 0 Å². The van der Waals surface area contributed by atoms with E-state index in [-0.39, 0.29) is 30.5 Å². The van der Waals surface area contributed by atoms with E-state index in [1.807, 2.05) is 20.8 Å². The van der Waals surface area contributed by atoms with Crippen LogP contribution in [0.15, 0.2) is 21.5 Å². The Morgan fingerprint density at radius 3 is 2.79 bits per heavy atom. The fraction of sp³-hybridized carbons (Fsp3) is 0.500. The van der Waals surface area contributed by atoms with Gasteiger partial charge < -0.3 is 19.1 Å². The Balaban J connectivity index is 2.23. The predicted molar refractivity (Wildman–Crippen MR) is 86.6 cm³/mol. The molecule has 0 spiro atoms. The molecule has 0 fully saturated rings. The van der Waals surface area contributed by atoms with Crippen LogP contribution >= 0.6 is 0 Å². The van der Waals surface area contributed by atoms with Crippen molar-refractivity contribution in [1.82, 2.24) is 20.0 Å². The van der Waals surface area contributed by atoms with Crippen LogP contribution in [-0.2, 0) is 17.9 Å². The third kappa shape index (κ3) is 4.08. The van der Waals surface area contributed by atoms with E-state index in [0.717, 1.165) is 0 Å². The summed E-state index contributed by atoms with van der Waals surface area (Å²) in [5.74, 6) is 0.605. The number of ether oxygens (including phenoxy) is 1. The molecule has 0 saturated carbocycles. The SMILES string of the molecule is CCN(Cc1nc(COC)no1)C(=O)c1ccc(=O)[nH]c1C(C)C. The minimum atomic E-state index is -0.223. The minimum absolute atomic E-state index is 0.0215. The van der Waals surface area contributed by atoms with Crippen molar-refractivity contribution in [3.05, 3.63) is 45.5 Å². The average Bonchev–Trinajstić information content (AvgIpc) is 2.99. The molecule has 24 heavy (non-hydrogen) atoms. The van der Waals surface area contributed by atoms with E-state index < -0.39 is 0 Å². The second-order valence-corrected chi connectivity index (χ2v) is 5.66. The molecule has 2 rings (SSSR count). The van der Waals surface area contributed by atoms with Gasteiger partial charge in [-0.1, -0.05) is 19.0 Å². The Morgan fingerprint density at radius 1 is 1.42 bits per heavy atom. The fourth-order valence-corrected chi connectivity index (χ4v) is 2.34. The first kappa shape index (κ1) is 17.9. The van der Waals surface area contributed by atoms with E-state index in [4.69, 9.17) is 9.26 Å². The first-order valence-corrected chi connectivity index (χ1v) is 7.79. The van der Waals surface area contributed by atoms with Gasteiger partial charge in [0.05, 0.1) is 5.56 Å². The number of hydrogen-bond acceptors (Lipinski definition) is 6. The molecule has 2 aromatic heterocycles. The number of amides is 1. The van der Waals surface area contributed by atoms with Gasteiger partial charge in [-0.05, 0) is 18.9 Å². The number of rotatable bonds is 7. The van der Waals surface area contributed by atoms with Crippen LogP contribution in [0.3, 0.4) is 0 Å². The van der Waals surface area contributed by atoms with Crippen LogP contribution in [-0.4, -0.2) is 39.6 Å². The number of carbonyl (C=O) groups is 1. The molecule has 2 aromatic rings. The molecule has 0 unspecified atom stereocenters. The third-order valence-electron chi connectivity index (χ3n) is 3.54. The van der Waals surface area contributed by atoms with E-state index in [9.17, 15) is 9.59 Å². The maximum absolute atomic E-state index is 12.8. The largest absolute Gasteiger partial charge is 0.377 e. The molecule has 1 amide bonds. The van der Waals surface area contributed by atoms with Crippen LogP contribution < -0.4 is 5.56 Å². The van der Waals surface area contributed by atoms with Gasteiger partial charge in [0.1, 0.15) is 13.2 Å².